The first kappa shape index (κ1) is 31.0. The normalized spacial score (nSPS) is 14.6. The molecule has 11 heteroatoms. The quantitative estimate of drug-likeness (QED) is 0.333. The Morgan fingerprint density at radius 1 is 1.13 bits per heavy atom. The number of carbonyl (C=O) groups excluding carboxylic acids is 2. The number of nitrogens with one attached hydrogen (secondary N) is 1. The van der Waals surface area contributed by atoms with E-state index in [1.807, 2.05) is 6.92 Å². The smallest absolute Gasteiger partial charge is 0.242 e. The number of hydrogen-bond acceptors (Lipinski definition) is 5. The minimum absolute atomic E-state index is 0.0368. The maximum Gasteiger partial charge on any atom is 0.242 e. The van der Waals surface area contributed by atoms with Crippen molar-refractivity contribution in [1.82, 2.24) is 10.2 Å². The average molecular weight is 599 g/mol. The van der Waals surface area contributed by atoms with Crippen LogP contribution in [0.1, 0.15) is 57.9 Å². The molecule has 1 fully saturated rings. The molecule has 1 aliphatic rings. The second-order valence-electron chi connectivity index (χ2n) is 9.76. The molecule has 1 saturated carbocycles. The van der Waals surface area contributed by atoms with Gasteiger partial charge in [-0.25, -0.2) is 8.42 Å². The zero-order valence-corrected chi connectivity index (χ0v) is 25.0. The van der Waals surface area contributed by atoms with Crippen molar-refractivity contribution in [2.75, 3.05) is 23.7 Å². The van der Waals surface area contributed by atoms with Crippen LogP contribution in [0.15, 0.2) is 42.5 Å². The van der Waals surface area contributed by atoms with Crippen LogP contribution in [0.4, 0.5) is 5.69 Å². The fourth-order valence-electron chi connectivity index (χ4n) is 4.73. The van der Waals surface area contributed by atoms with Crippen LogP contribution in [0.2, 0.25) is 10.0 Å². The highest BCUT2D eigenvalue weighted by atomic mass is 35.5. The maximum atomic E-state index is 13.5. The number of para-hydroxylation sites is 2. The molecule has 1 N–H and O–H groups in total. The highest BCUT2D eigenvalue weighted by Crippen LogP contribution is 2.30. The molecule has 8 nitrogen and oxygen atoms in total. The van der Waals surface area contributed by atoms with Gasteiger partial charge < -0.3 is 15.0 Å². The van der Waals surface area contributed by atoms with Gasteiger partial charge in [0.25, 0.3) is 0 Å². The predicted octanol–water partition coefficient (Wildman–Crippen LogP) is 5.41. The summed E-state index contributed by atoms with van der Waals surface area (Å²) >= 11 is 12.4. The summed E-state index contributed by atoms with van der Waals surface area (Å²) in [6.45, 7) is 4.11. The number of halogens is 2. The fourth-order valence-corrected chi connectivity index (χ4v) is 6.17. The molecule has 0 saturated heterocycles. The molecular formula is C28H37Cl2N3O5S. The van der Waals surface area contributed by atoms with E-state index in [0.717, 1.165) is 31.9 Å². The third kappa shape index (κ3) is 8.75. The van der Waals surface area contributed by atoms with E-state index in [9.17, 15) is 18.0 Å². The van der Waals surface area contributed by atoms with Gasteiger partial charge in [-0.1, -0.05) is 54.2 Å². The molecule has 3 rings (SSSR count). The summed E-state index contributed by atoms with van der Waals surface area (Å²) in [5, 5.41) is 3.95. The summed E-state index contributed by atoms with van der Waals surface area (Å²) < 4.78 is 32.2. The van der Waals surface area contributed by atoms with Crippen LogP contribution in [-0.4, -0.2) is 56.6 Å². The second-order valence-corrected chi connectivity index (χ2v) is 12.5. The fraction of sp³-hybridized carbons (Fsp3) is 0.500. The third-order valence-corrected chi connectivity index (χ3v) is 8.58. The van der Waals surface area contributed by atoms with Crippen molar-refractivity contribution < 1.29 is 22.7 Å². The molecule has 39 heavy (non-hydrogen) atoms. The molecule has 0 bridgehead atoms. The minimum atomic E-state index is -3.64. The number of benzene rings is 2. The van der Waals surface area contributed by atoms with Gasteiger partial charge in [0, 0.05) is 35.6 Å². The molecule has 2 amide bonds. The zero-order chi connectivity index (χ0) is 28.6. The lowest BCUT2D eigenvalue weighted by Gasteiger charge is -2.30. The molecular weight excluding hydrogens is 561 g/mol. The van der Waals surface area contributed by atoms with Crippen molar-refractivity contribution in [2.45, 2.75) is 71.0 Å². The van der Waals surface area contributed by atoms with Crippen LogP contribution < -0.4 is 14.4 Å². The van der Waals surface area contributed by atoms with Crippen LogP contribution in [-0.2, 0) is 26.2 Å². The summed E-state index contributed by atoms with van der Waals surface area (Å²) in [6.07, 6.45) is 5.42. The lowest BCUT2D eigenvalue weighted by atomic mass is 10.1. The first-order valence-electron chi connectivity index (χ1n) is 13.2. The van der Waals surface area contributed by atoms with Gasteiger partial charge in [-0.05, 0) is 62.9 Å². The van der Waals surface area contributed by atoms with Gasteiger partial charge in [-0.3, -0.25) is 13.9 Å². The number of ether oxygens (including phenoxy) is 1. The van der Waals surface area contributed by atoms with E-state index >= 15 is 0 Å². The Morgan fingerprint density at radius 3 is 2.46 bits per heavy atom. The molecule has 1 atom stereocenters. The number of sulfonamides is 1. The van der Waals surface area contributed by atoms with E-state index in [4.69, 9.17) is 27.9 Å². The topological polar surface area (TPSA) is 96.0 Å². The molecule has 2 aromatic carbocycles. The summed E-state index contributed by atoms with van der Waals surface area (Å²) in [4.78, 5) is 28.1. The van der Waals surface area contributed by atoms with Crippen molar-refractivity contribution in [3.63, 3.8) is 0 Å². The van der Waals surface area contributed by atoms with E-state index in [0.29, 0.717) is 33.7 Å². The van der Waals surface area contributed by atoms with E-state index in [2.05, 4.69) is 5.32 Å². The van der Waals surface area contributed by atoms with Crippen molar-refractivity contribution in [3.05, 3.63) is 58.1 Å². The van der Waals surface area contributed by atoms with Crippen molar-refractivity contribution in [1.29, 1.82) is 0 Å². The summed E-state index contributed by atoms with van der Waals surface area (Å²) in [5.74, 6) is -0.0432. The molecule has 0 unspecified atom stereocenters. The van der Waals surface area contributed by atoms with Gasteiger partial charge in [0.1, 0.15) is 11.8 Å². The van der Waals surface area contributed by atoms with Crippen LogP contribution in [0.3, 0.4) is 0 Å². The maximum absolute atomic E-state index is 13.5. The Balaban J connectivity index is 1.77. The number of anilines is 1. The predicted molar refractivity (Wildman–Crippen MR) is 156 cm³/mol. The van der Waals surface area contributed by atoms with Gasteiger partial charge in [-0.2, -0.15) is 0 Å². The number of carbonyl (C=O) groups is 2. The van der Waals surface area contributed by atoms with Gasteiger partial charge in [-0.15, -0.1) is 0 Å². The number of hydrogen-bond donors (Lipinski definition) is 1. The van der Waals surface area contributed by atoms with Crippen LogP contribution in [0.25, 0.3) is 0 Å². The largest absolute Gasteiger partial charge is 0.492 e. The van der Waals surface area contributed by atoms with Crippen LogP contribution in [0.5, 0.6) is 5.75 Å². The third-order valence-electron chi connectivity index (χ3n) is 6.81. The summed E-state index contributed by atoms with van der Waals surface area (Å²) in [5.41, 5.74) is 1.08. The Labute approximate surface area is 241 Å². The minimum Gasteiger partial charge on any atom is -0.492 e. The zero-order valence-electron chi connectivity index (χ0n) is 22.7. The van der Waals surface area contributed by atoms with E-state index in [1.54, 1.807) is 49.4 Å². The van der Waals surface area contributed by atoms with E-state index in [1.165, 1.54) is 9.21 Å². The Bertz CT molecular complexity index is 1250. The Kier molecular flexibility index (Phi) is 11.3. The molecule has 0 radical (unpaired) electrons. The average Bonchev–Trinajstić information content (AvgIpc) is 3.39. The van der Waals surface area contributed by atoms with E-state index in [-0.39, 0.29) is 43.8 Å². The monoisotopic (exact) mass is 597 g/mol. The molecule has 0 spiro atoms. The van der Waals surface area contributed by atoms with Gasteiger partial charge >= 0.3 is 0 Å². The van der Waals surface area contributed by atoms with Gasteiger partial charge in [0.15, 0.2) is 0 Å². The summed E-state index contributed by atoms with van der Waals surface area (Å²) in [7, 11) is -3.64. The lowest BCUT2D eigenvalue weighted by molar-refractivity contribution is -0.140. The molecule has 0 aromatic heterocycles. The number of nitrogens with zero attached hydrogens (tertiary/aromatic N) is 2. The van der Waals surface area contributed by atoms with Gasteiger partial charge in [0.05, 0.1) is 18.6 Å². The second kappa shape index (κ2) is 14.2. The molecule has 0 aliphatic heterocycles. The Hall–Kier alpha value is -2.49. The SMILES string of the molecule is CCOc1ccccc1N(CCCC(=O)N(Cc1ccc(Cl)cc1Cl)[C@H](C)C(=O)NC1CCCC1)S(C)(=O)=O. The van der Waals surface area contributed by atoms with Gasteiger partial charge in [0.2, 0.25) is 21.8 Å². The Morgan fingerprint density at radius 2 is 1.82 bits per heavy atom. The molecule has 1 aliphatic carbocycles. The van der Waals surface area contributed by atoms with Crippen molar-refractivity contribution in [2.24, 2.45) is 0 Å². The first-order valence-corrected chi connectivity index (χ1v) is 15.8. The van der Waals surface area contributed by atoms with Crippen LogP contribution in [0, 0.1) is 0 Å². The molecule has 214 valence electrons. The lowest BCUT2D eigenvalue weighted by Crippen LogP contribution is -2.49. The van der Waals surface area contributed by atoms with Crippen LogP contribution >= 0.6 is 23.2 Å². The molecule has 2 aromatic rings. The van der Waals surface area contributed by atoms with Crippen molar-refractivity contribution >= 4 is 50.7 Å². The van der Waals surface area contributed by atoms with Crippen molar-refractivity contribution in [3.8, 4) is 5.75 Å². The first-order chi connectivity index (χ1) is 18.5. The standard InChI is InChI=1S/C28H37Cl2N3O5S/c1-4-38-26-13-8-7-12-25(26)33(39(3,36)37)17-9-14-27(34)32(19-21-15-16-22(29)18-24(21)30)20(2)28(35)31-23-10-5-6-11-23/h7-8,12-13,15-16,18,20,23H,4-6,9-11,14,17,19H2,1-3H3,(H,31,35)/t20-/m1/s1. The highest BCUT2D eigenvalue weighted by molar-refractivity contribution is 7.92. The molecule has 0 heterocycles. The highest BCUT2D eigenvalue weighted by Gasteiger charge is 2.29. The number of amides is 2. The summed E-state index contributed by atoms with van der Waals surface area (Å²) in [6, 6.07) is 11.3. The van der Waals surface area contributed by atoms with E-state index < -0.39 is 16.1 Å². The number of rotatable bonds is 13.